The Morgan fingerprint density at radius 3 is 2.20 bits per heavy atom. The van der Waals surface area contributed by atoms with Gasteiger partial charge in [0.05, 0.1) is 0 Å². The minimum Gasteiger partial charge on any atom is -0.299 e. The first-order chi connectivity index (χ1) is 9.52. The van der Waals surface area contributed by atoms with E-state index in [-0.39, 0.29) is 0 Å². The quantitative estimate of drug-likeness (QED) is 0.603. The van der Waals surface area contributed by atoms with E-state index in [4.69, 9.17) is 0 Å². The second kappa shape index (κ2) is 10.9. The second-order valence-electron chi connectivity index (χ2n) is 5.88. The van der Waals surface area contributed by atoms with Crippen molar-refractivity contribution in [1.82, 2.24) is 4.90 Å². The van der Waals surface area contributed by atoms with Crippen molar-refractivity contribution in [2.75, 3.05) is 19.6 Å². The molecule has 116 valence electrons. The highest BCUT2D eigenvalue weighted by Crippen LogP contribution is 2.24. The van der Waals surface area contributed by atoms with E-state index in [0.29, 0.717) is 0 Å². The summed E-state index contributed by atoms with van der Waals surface area (Å²) < 4.78 is 0. The number of allylic oxidation sites excluding steroid dienone is 3. The fraction of sp³-hybridized carbons (Fsp3) is 0.684. The largest absolute Gasteiger partial charge is 0.299 e. The molecule has 0 aromatic carbocycles. The van der Waals surface area contributed by atoms with Crippen LogP contribution in [0.4, 0.5) is 0 Å². The maximum atomic E-state index is 4.15. The van der Waals surface area contributed by atoms with Crippen LogP contribution in [-0.4, -0.2) is 24.5 Å². The lowest BCUT2D eigenvalue weighted by Gasteiger charge is -2.33. The third kappa shape index (κ3) is 7.69. The third-order valence-electron chi connectivity index (χ3n) is 4.04. The predicted molar refractivity (Wildman–Crippen MR) is 93.1 cm³/mol. The molecule has 0 unspecified atom stereocenters. The van der Waals surface area contributed by atoms with Gasteiger partial charge >= 0.3 is 0 Å². The molecule has 1 nitrogen and oxygen atoms in total. The van der Waals surface area contributed by atoms with E-state index in [1.165, 1.54) is 37.1 Å². The van der Waals surface area contributed by atoms with Gasteiger partial charge in [-0.3, -0.25) is 4.90 Å². The molecule has 1 aliphatic heterocycles. The van der Waals surface area contributed by atoms with E-state index in [2.05, 4.69) is 57.4 Å². The molecule has 0 aromatic heterocycles. The summed E-state index contributed by atoms with van der Waals surface area (Å²) in [6.45, 7) is 20.5. The fourth-order valence-corrected chi connectivity index (χ4v) is 2.46. The molecule has 1 saturated heterocycles. The van der Waals surface area contributed by atoms with Gasteiger partial charge in [0, 0.05) is 6.54 Å². The number of rotatable bonds is 5. The Kier molecular flexibility index (Phi) is 10.5. The van der Waals surface area contributed by atoms with Gasteiger partial charge in [0.15, 0.2) is 0 Å². The number of piperidine rings is 1. The van der Waals surface area contributed by atoms with E-state index >= 15 is 0 Å². The first kappa shape index (κ1) is 19.2. The Labute approximate surface area is 127 Å². The van der Waals surface area contributed by atoms with Gasteiger partial charge in [-0.1, -0.05) is 58.1 Å². The molecular formula is C19H35N. The molecule has 20 heavy (non-hydrogen) atoms. The second-order valence-corrected chi connectivity index (χ2v) is 5.88. The maximum Gasteiger partial charge on any atom is 0.0227 e. The third-order valence-corrected chi connectivity index (χ3v) is 4.04. The van der Waals surface area contributed by atoms with Crippen molar-refractivity contribution < 1.29 is 0 Å². The number of hydrogen-bond acceptors (Lipinski definition) is 1. The normalized spacial score (nSPS) is 18.2. The summed E-state index contributed by atoms with van der Waals surface area (Å²) in [5.41, 5.74) is 2.52. The first-order valence-corrected chi connectivity index (χ1v) is 8.24. The molecule has 0 aromatic rings. The topological polar surface area (TPSA) is 3.24 Å². The zero-order chi connectivity index (χ0) is 15.5. The monoisotopic (exact) mass is 277 g/mol. The number of hydrogen-bond donors (Lipinski definition) is 0. The Morgan fingerprint density at radius 2 is 1.75 bits per heavy atom. The zero-order valence-corrected chi connectivity index (χ0v) is 14.6. The molecule has 1 heterocycles. The molecule has 0 aliphatic carbocycles. The van der Waals surface area contributed by atoms with Crippen molar-refractivity contribution >= 4 is 0 Å². The maximum absolute atomic E-state index is 4.15. The number of likely N-dealkylation sites (tertiary alicyclic amines) is 1. The molecule has 1 aliphatic rings. The van der Waals surface area contributed by atoms with Crippen molar-refractivity contribution in [3.63, 3.8) is 0 Å². The van der Waals surface area contributed by atoms with Crippen LogP contribution in [0, 0.1) is 11.8 Å². The summed E-state index contributed by atoms with van der Waals surface area (Å²) in [6, 6.07) is 0. The molecule has 0 radical (unpaired) electrons. The van der Waals surface area contributed by atoms with Crippen molar-refractivity contribution in [1.29, 1.82) is 0 Å². The Morgan fingerprint density at radius 1 is 1.20 bits per heavy atom. The van der Waals surface area contributed by atoms with Crippen molar-refractivity contribution in [2.45, 2.75) is 54.4 Å². The van der Waals surface area contributed by atoms with E-state index < -0.39 is 0 Å². The van der Waals surface area contributed by atoms with Crippen LogP contribution in [-0.2, 0) is 0 Å². The standard InChI is InChI=1S/C17H29N.C2H6/c1-6-15(4)7-8-16(5)13-18-11-9-17(10-12-18)14(2)3;1-2/h6-8,14,17H,5,9-13H2,1-4H3;1-2H3/b8-7-,15-6-;. The lowest BCUT2D eigenvalue weighted by Crippen LogP contribution is -2.36. The van der Waals surface area contributed by atoms with Crippen molar-refractivity contribution in [3.05, 3.63) is 36.0 Å². The van der Waals surface area contributed by atoms with E-state index in [9.17, 15) is 0 Å². The summed E-state index contributed by atoms with van der Waals surface area (Å²) in [5, 5.41) is 0. The van der Waals surface area contributed by atoms with Crippen molar-refractivity contribution in [3.8, 4) is 0 Å². The highest BCUT2D eigenvalue weighted by molar-refractivity contribution is 5.25. The van der Waals surface area contributed by atoms with Crippen LogP contribution in [0.3, 0.4) is 0 Å². The summed E-state index contributed by atoms with van der Waals surface area (Å²) in [7, 11) is 0. The van der Waals surface area contributed by atoms with Gasteiger partial charge in [0.25, 0.3) is 0 Å². The summed E-state index contributed by atoms with van der Waals surface area (Å²) in [6.07, 6.45) is 9.13. The van der Waals surface area contributed by atoms with Crippen LogP contribution in [0.15, 0.2) is 36.0 Å². The first-order valence-electron chi connectivity index (χ1n) is 8.24. The molecule has 0 bridgehead atoms. The van der Waals surface area contributed by atoms with Crippen LogP contribution < -0.4 is 0 Å². The summed E-state index contributed by atoms with van der Waals surface area (Å²) in [5.74, 6) is 1.77. The van der Waals surface area contributed by atoms with Crippen molar-refractivity contribution in [2.24, 2.45) is 11.8 Å². The smallest absolute Gasteiger partial charge is 0.0227 e. The Hall–Kier alpha value is -0.820. The van der Waals surface area contributed by atoms with Crippen LogP contribution >= 0.6 is 0 Å². The molecule has 1 heteroatoms. The molecule has 1 fully saturated rings. The molecule has 0 amide bonds. The fourth-order valence-electron chi connectivity index (χ4n) is 2.46. The van der Waals surface area contributed by atoms with Gasteiger partial charge < -0.3 is 0 Å². The average Bonchev–Trinajstić information content (AvgIpc) is 2.47. The minimum absolute atomic E-state index is 0.840. The highest BCUT2D eigenvalue weighted by atomic mass is 15.1. The molecule has 0 N–H and O–H groups in total. The molecular weight excluding hydrogens is 242 g/mol. The molecule has 0 atom stereocenters. The predicted octanol–water partition coefficient (Wildman–Crippen LogP) is 5.46. The SMILES string of the molecule is C=C(/C=C\C(C)=C/C)CN1CCC(C(C)C)CC1.CC. The van der Waals surface area contributed by atoms with Crippen LogP contribution in [0.25, 0.3) is 0 Å². The van der Waals surface area contributed by atoms with Gasteiger partial charge in [-0.15, -0.1) is 0 Å². The molecule has 1 rings (SSSR count). The van der Waals surface area contributed by atoms with E-state index in [0.717, 1.165) is 18.4 Å². The average molecular weight is 277 g/mol. The Balaban J connectivity index is 0.00000172. The summed E-state index contributed by atoms with van der Waals surface area (Å²) in [4.78, 5) is 2.54. The van der Waals surface area contributed by atoms with E-state index in [1.807, 2.05) is 13.8 Å². The Bertz CT molecular complexity index is 315. The van der Waals surface area contributed by atoms with Crippen LogP contribution in [0.5, 0.6) is 0 Å². The molecule has 0 spiro atoms. The van der Waals surface area contributed by atoms with Crippen LogP contribution in [0.1, 0.15) is 54.4 Å². The minimum atomic E-state index is 0.840. The number of nitrogens with zero attached hydrogens (tertiary/aromatic N) is 1. The molecule has 0 saturated carbocycles. The van der Waals surface area contributed by atoms with Gasteiger partial charge in [0.2, 0.25) is 0 Å². The van der Waals surface area contributed by atoms with E-state index in [1.54, 1.807) is 0 Å². The lowest BCUT2D eigenvalue weighted by atomic mass is 9.86. The van der Waals surface area contributed by atoms with Gasteiger partial charge in [-0.25, -0.2) is 0 Å². The zero-order valence-electron chi connectivity index (χ0n) is 14.6. The van der Waals surface area contributed by atoms with Gasteiger partial charge in [-0.2, -0.15) is 0 Å². The van der Waals surface area contributed by atoms with Crippen LogP contribution in [0.2, 0.25) is 0 Å². The van der Waals surface area contributed by atoms with Gasteiger partial charge in [0.1, 0.15) is 0 Å². The van der Waals surface area contributed by atoms with Gasteiger partial charge in [-0.05, 0) is 57.2 Å². The highest BCUT2D eigenvalue weighted by Gasteiger charge is 2.21. The lowest BCUT2D eigenvalue weighted by molar-refractivity contribution is 0.169. The summed E-state index contributed by atoms with van der Waals surface area (Å²) >= 11 is 0.